The van der Waals surface area contributed by atoms with Crippen molar-refractivity contribution < 1.29 is 4.79 Å². The van der Waals surface area contributed by atoms with E-state index in [1.165, 1.54) is 16.4 Å². The fourth-order valence-corrected chi connectivity index (χ4v) is 3.62. The van der Waals surface area contributed by atoms with Gasteiger partial charge in [0.2, 0.25) is 11.1 Å². The van der Waals surface area contributed by atoms with Gasteiger partial charge in [-0.25, -0.2) is 4.68 Å². The number of aromatic nitrogens is 3. The van der Waals surface area contributed by atoms with Gasteiger partial charge in [-0.3, -0.25) is 4.79 Å². The van der Waals surface area contributed by atoms with Gasteiger partial charge >= 0.3 is 0 Å². The number of rotatable bonds is 6. The van der Waals surface area contributed by atoms with E-state index < -0.39 is 0 Å². The summed E-state index contributed by atoms with van der Waals surface area (Å²) in [4.78, 5) is 14.5. The number of halogens is 1. The first-order valence-electron chi connectivity index (χ1n) is 8.43. The molecule has 3 aromatic rings. The quantitative estimate of drug-likeness (QED) is 0.501. The summed E-state index contributed by atoms with van der Waals surface area (Å²) in [6.45, 7) is 3.97. The number of nitrogen functional groups attached to an aromatic ring is 1. The summed E-state index contributed by atoms with van der Waals surface area (Å²) < 4.78 is 1.38. The predicted molar refractivity (Wildman–Crippen MR) is 110 cm³/mol. The van der Waals surface area contributed by atoms with E-state index in [0.717, 1.165) is 11.3 Å². The molecule has 0 unspecified atom stereocenters. The molecule has 0 bridgehead atoms. The Bertz CT molecular complexity index is 929. The third-order valence-corrected chi connectivity index (χ3v) is 5.05. The highest BCUT2D eigenvalue weighted by atomic mass is 35.5. The zero-order valence-electron chi connectivity index (χ0n) is 15.0. The largest absolute Gasteiger partial charge is 0.335 e. The fourth-order valence-electron chi connectivity index (χ4n) is 2.71. The van der Waals surface area contributed by atoms with Crippen LogP contribution in [0.15, 0.2) is 59.8 Å². The van der Waals surface area contributed by atoms with E-state index in [9.17, 15) is 4.79 Å². The van der Waals surface area contributed by atoms with Crippen molar-refractivity contribution in [1.29, 1.82) is 0 Å². The number of carbonyl (C=O) groups is 1. The van der Waals surface area contributed by atoms with Crippen LogP contribution in [0.5, 0.6) is 0 Å². The third kappa shape index (κ3) is 4.43. The van der Waals surface area contributed by atoms with Crippen LogP contribution in [0.4, 0.5) is 5.69 Å². The van der Waals surface area contributed by atoms with Gasteiger partial charge in [-0.1, -0.05) is 53.7 Å². The van der Waals surface area contributed by atoms with Crippen LogP contribution in [0, 0.1) is 0 Å². The number of thioether (sulfide) groups is 1. The van der Waals surface area contributed by atoms with E-state index in [2.05, 4.69) is 10.2 Å². The molecule has 0 aliphatic carbocycles. The van der Waals surface area contributed by atoms with Crippen molar-refractivity contribution in [3.63, 3.8) is 0 Å². The lowest BCUT2D eigenvalue weighted by Gasteiger charge is -2.26. The molecule has 0 aliphatic heterocycles. The average molecular weight is 402 g/mol. The predicted octanol–water partition coefficient (Wildman–Crippen LogP) is 3.85. The van der Waals surface area contributed by atoms with E-state index in [4.69, 9.17) is 17.4 Å². The highest BCUT2D eigenvalue weighted by Gasteiger charge is 2.21. The first-order valence-corrected chi connectivity index (χ1v) is 9.80. The number of carbonyl (C=O) groups excluding carboxylic acids is 1. The molecule has 27 heavy (non-hydrogen) atoms. The Labute approximate surface area is 167 Å². The fraction of sp³-hybridized carbons (Fsp3) is 0.211. The van der Waals surface area contributed by atoms with Gasteiger partial charge < -0.3 is 10.7 Å². The second kappa shape index (κ2) is 8.45. The zero-order valence-corrected chi connectivity index (χ0v) is 16.6. The molecule has 8 heteroatoms. The summed E-state index contributed by atoms with van der Waals surface area (Å²) in [7, 11) is 0. The molecule has 1 amide bonds. The smallest absolute Gasteiger partial charge is 0.237 e. The summed E-state index contributed by atoms with van der Waals surface area (Å²) in [5.74, 6) is 6.80. The standard InChI is InChI=1S/C19H20ClN5OS/c1-13(2)24(16-9-4-3-5-10-16)17(26)12-27-19-23-22-18(25(19)21)14-7-6-8-15(20)11-14/h3-11,13H,12,21H2,1-2H3. The van der Waals surface area contributed by atoms with Crippen molar-refractivity contribution >= 4 is 35.0 Å². The molecule has 0 fully saturated rings. The van der Waals surface area contributed by atoms with Crippen molar-refractivity contribution in [2.75, 3.05) is 16.5 Å². The van der Waals surface area contributed by atoms with Gasteiger partial charge in [0.1, 0.15) is 0 Å². The summed E-state index contributed by atoms with van der Waals surface area (Å²) in [5, 5.41) is 9.30. The molecule has 6 nitrogen and oxygen atoms in total. The number of hydrogen-bond donors (Lipinski definition) is 1. The van der Waals surface area contributed by atoms with Crippen molar-refractivity contribution in [2.45, 2.75) is 25.0 Å². The minimum Gasteiger partial charge on any atom is -0.335 e. The van der Waals surface area contributed by atoms with Crippen LogP contribution in [-0.4, -0.2) is 32.6 Å². The van der Waals surface area contributed by atoms with Gasteiger partial charge in [0.15, 0.2) is 5.82 Å². The van der Waals surface area contributed by atoms with Crippen LogP contribution >= 0.6 is 23.4 Å². The lowest BCUT2D eigenvalue weighted by molar-refractivity contribution is -0.116. The highest BCUT2D eigenvalue weighted by molar-refractivity contribution is 7.99. The van der Waals surface area contributed by atoms with Crippen LogP contribution in [-0.2, 0) is 4.79 Å². The molecule has 140 valence electrons. The van der Waals surface area contributed by atoms with Gasteiger partial charge in [0.25, 0.3) is 0 Å². The lowest BCUT2D eigenvalue weighted by Crippen LogP contribution is -2.38. The maximum Gasteiger partial charge on any atom is 0.237 e. The summed E-state index contributed by atoms with van der Waals surface area (Å²) >= 11 is 7.28. The normalized spacial score (nSPS) is 11.0. The van der Waals surface area contributed by atoms with Crippen LogP contribution in [0.25, 0.3) is 11.4 Å². The van der Waals surface area contributed by atoms with E-state index in [-0.39, 0.29) is 17.7 Å². The van der Waals surface area contributed by atoms with Gasteiger partial charge in [-0.2, -0.15) is 0 Å². The van der Waals surface area contributed by atoms with E-state index in [1.54, 1.807) is 17.0 Å². The number of amides is 1. The Morgan fingerprint density at radius 2 is 1.93 bits per heavy atom. The molecule has 0 saturated carbocycles. The molecule has 2 aromatic carbocycles. The van der Waals surface area contributed by atoms with Gasteiger partial charge in [0.05, 0.1) is 5.75 Å². The maximum absolute atomic E-state index is 12.8. The van der Waals surface area contributed by atoms with Crippen LogP contribution in [0.1, 0.15) is 13.8 Å². The first-order chi connectivity index (χ1) is 13.0. The topological polar surface area (TPSA) is 77.0 Å². The van der Waals surface area contributed by atoms with Gasteiger partial charge in [-0.05, 0) is 38.1 Å². The molecule has 0 saturated heterocycles. The summed E-state index contributed by atoms with van der Waals surface area (Å²) in [5.41, 5.74) is 1.63. The number of nitrogens with zero attached hydrogens (tertiary/aromatic N) is 4. The van der Waals surface area contributed by atoms with Gasteiger partial charge in [0, 0.05) is 22.3 Å². The molecule has 0 atom stereocenters. The van der Waals surface area contributed by atoms with Crippen LogP contribution in [0.3, 0.4) is 0 Å². The Morgan fingerprint density at radius 1 is 1.19 bits per heavy atom. The van der Waals surface area contributed by atoms with Crippen molar-refractivity contribution in [3.05, 3.63) is 59.6 Å². The van der Waals surface area contributed by atoms with Crippen molar-refractivity contribution in [1.82, 2.24) is 14.9 Å². The number of benzene rings is 2. The van der Waals surface area contributed by atoms with Crippen LogP contribution in [0.2, 0.25) is 5.02 Å². The molecule has 0 spiro atoms. The lowest BCUT2D eigenvalue weighted by atomic mass is 10.2. The molecule has 0 aliphatic rings. The average Bonchev–Trinajstić information content (AvgIpc) is 3.01. The Balaban J connectivity index is 1.74. The molecular formula is C19H20ClN5OS. The maximum atomic E-state index is 12.8. The van der Waals surface area contributed by atoms with E-state index >= 15 is 0 Å². The van der Waals surface area contributed by atoms with Crippen LogP contribution < -0.4 is 10.7 Å². The zero-order chi connectivity index (χ0) is 19.4. The Morgan fingerprint density at radius 3 is 2.59 bits per heavy atom. The summed E-state index contributed by atoms with van der Waals surface area (Å²) in [6.07, 6.45) is 0. The Kier molecular flexibility index (Phi) is 6.03. The minimum atomic E-state index is -0.0199. The minimum absolute atomic E-state index is 0.0199. The SMILES string of the molecule is CC(C)N(C(=O)CSc1nnc(-c2cccc(Cl)c2)n1N)c1ccccc1. The molecule has 3 rings (SSSR count). The van der Waals surface area contributed by atoms with Gasteiger partial charge in [-0.15, -0.1) is 10.2 Å². The molecule has 1 heterocycles. The van der Waals surface area contributed by atoms with E-state index in [0.29, 0.717) is 16.0 Å². The first kappa shape index (κ1) is 19.3. The number of nitrogens with two attached hydrogens (primary N) is 1. The second-order valence-corrected chi connectivity index (χ2v) is 7.55. The molecule has 0 radical (unpaired) electrons. The second-order valence-electron chi connectivity index (χ2n) is 6.17. The number of para-hydroxylation sites is 1. The van der Waals surface area contributed by atoms with E-state index in [1.807, 2.05) is 56.3 Å². The molecule has 1 aromatic heterocycles. The van der Waals surface area contributed by atoms with Crippen molar-refractivity contribution in [2.24, 2.45) is 0 Å². The molecule has 2 N–H and O–H groups in total. The number of hydrogen-bond acceptors (Lipinski definition) is 5. The Hall–Kier alpha value is -2.51. The number of anilines is 1. The monoisotopic (exact) mass is 401 g/mol. The highest BCUT2D eigenvalue weighted by Crippen LogP contribution is 2.25. The molecular weight excluding hydrogens is 382 g/mol. The third-order valence-electron chi connectivity index (χ3n) is 3.89. The summed E-state index contributed by atoms with van der Waals surface area (Å²) in [6, 6.07) is 16.9. The van der Waals surface area contributed by atoms with Crippen molar-refractivity contribution in [3.8, 4) is 11.4 Å².